The average molecular weight is 416 g/mol. The van der Waals surface area contributed by atoms with Gasteiger partial charge in [-0.1, -0.05) is 12.1 Å². The Morgan fingerprint density at radius 3 is 2.24 bits per heavy atom. The van der Waals surface area contributed by atoms with E-state index in [1.54, 1.807) is 41.3 Å². The Labute approximate surface area is 171 Å². The van der Waals surface area contributed by atoms with Crippen LogP contribution in [0, 0.1) is 13.8 Å². The lowest BCUT2D eigenvalue weighted by atomic mass is 10.1. The molecule has 154 valence electrons. The van der Waals surface area contributed by atoms with Crippen molar-refractivity contribution in [1.82, 2.24) is 9.21 Å². The fourth-order valence-electron chi connectivity index (χ4n) is 3.27. The smallest absolute Gasteiger partial charge is 0.254 e. The van der Waals surface area contributed by atoms with Crippen molar-refractivity contribution in [2.24, 2.45) is 0 Å². The first-order valence-electron chi connectivity index (χ1n) is 9.43. The molecule has 0 atom stereocenters. The van der Waals surface area contributed by atoms with Crippen LogP contribution in [0.2, 0.25) is 0 Å². The minimum atomic E-state index is -3.59. The normalized spacial score (nSPS) is 15.2. The number of hydrogen-bond donors (Lipinski definition) is 1. The fourth-order valence-corrected chi connectivity index (χ4v) is 4.78. The summed E-state index contributed by atoms with van der Waals surface area (Å²) in [5.41, 5.74) is 2.99. The molecule has 2 aromatic carbocycles. The number of nitrogens with zero attached hydrogens (tertiary/aromatic N) is 2. The number of carbonyl (C=O) groups excluding carboxylic acids is 2. The molecule has 0 aliphatic carbocycles. The van der Waals surface area contributed by atoms with Gasteiger partial charge in [-0.05, 0) is 55.3 Å². The van der Waals surface area contributed by atoms with E-state index in [0.29, 0.717) is 24.3 Å². The lowest BCUT2D eigenvalue weighted by Gasteiger charge is -2.34. The number of aryl methyl sites for hydroxylation is 2. The third-order valence-electron chi connectivity index (χ3n) is 5.07. The minimum Gasteiger partial charge on any atom is -0.336 e. The summed E-state index contributed by atoms with van der Waals surface area (Å²) >= 11 is 0. The van der Waals surface area contributed by atoms with E-state index in [1.807, 2.05) is 19.9 Å². The predicted octanol–water partition coefficient (Wildman–Crippen LogP) is 2.41. The Bertz CT molecular complexity index is 1040. The first kappa shape index (κ1) is 21.0. The zero-order valence-corrected chi connectivity index (χ0v) is 17.6. The van der Waals surface area contributed by atoms with Crippen molar-refractivity contribution in [3.63, 3.8) is 0 Å². The zero-order valence-electron chi connectivity index (χ0n) is 16.8. The molecule has 0 unspecified atom stereocenters. The van der Waals surface area contributed by atoms with Crippen LogP contribution in [0.4, 0.5) is 5.69 Å². The van der Waals surface area contributed by atoms with Gasteiger partial charge in [0.15, 0.2) is 0 Å². The van der Waals surface area contributed by atoms with Gasteiger partial charge in [0.05, 0.1) is 4.90 Å². The second kappa shape index (κ2) is 8.34. The van der Waals surface area contributed by atoms with Gasteiger partial charge in [-0.3, -0.25) is 9.59 Å². The first-order valence-corrected chi connectivity index (χ1v) is 10.9. The lowest BCUT2D eigenvalue weighted by molar-refractivity contribution is -0.114. The van der Waals surface area contributed by atoms with E-state index in [4.69, 9.17) is 0 Å². The summed E-state index contributed by atoms with van der Waals surface area (Å²) in [5.74, 6) is -0.389. The van der Waals surface area contributed by atoms with E-state index in [1.165, 1.54) is 11.2 Å². The van der Waals surface area contributed by atoms with Gasteiger partial charge in [-0.25, -0.2) is 8.42 Å². The Morgan fingerprint density at radius 2 is 1.62 bits per heavy atom. The maximum Gasteiger partial charge on any atom is 0.254 e. The van der Waals surface area contributed by atoms with E-state index in [-0.39, 0.29) is 29.8 Å². The monoisotopic (exact) mass is 415 g/mol. The summed E-state index contributed by atoms with van der Waals surface area (Å²) < 4.78 is 27.3. The molecule has 7 nitrogen and oxygen atoms in total. The highest BCUT2D eigenvalue weighted by molar-refractivity contribution is 7.89. The number of anilines is 1. The van der Waals surface area contributed by atoms with Crippen molar-refractivity contribution in [1.29, 1.82) is 0 Å². The van der Waals surface area contributed by atoms with Crippen molar-refractivity contribution in [2.75, 3.05) is 31.5 Å². The van der Waals surface area contributed by atoms with Crippen LogP contribution in [0.1, 0.15) is 28.4 Å². The SMILES string of the molecule is CC(=O)Nc1cccc(C(=O)N2CCN(S(=O)(=O)c3ccc(C)c(C)c3)CC2)c1. The largest absolute Gasteiger partial charge is 0.336 e. The molecular weight excluding hydrogens is 390 g/mol. The summed E-state index contributed by atoms with van der Waals surface area (Å²) in [7, 11) is -3.59. The number of amides is 2. The fraction of sp³-hybridized carbons (Fsp3) is 0.333. The molecule has 0 saturated carbocycles. The van der Waals surface area contributed by atoms with Crippen LogP contribution in [0.5, 0.6) is 0 Å². The summed E-state index contributed by atoms with van der Waals surface area (Å²) in [6, 6.07) is 11.9. The molecule has 1 fully saturated rings. The van der Waals surface area contributed by atoms with Crippen LogP contribution >= 0.6 is 0 Å². The van der Waals surface area contributed by atoms with Crippen LogP contribution in [0.25, 0.3) is 0 Å². The van der Waals surface area contributed by atoms with Crippen molar-refractivity contribution in [2.45, 2.75) is 25.7 Å². The maximum atomic E-state index is 12.9. The van der Waals surface area contributed by atoms with E-state index < -0.39 is 10.0 Å². The van der Waals surface area contributed by atoms with E-state index in [2.05, 4.69) is 5.32 Å². The van der Waals surface area contributed by atoms with Gasteiger partial charge in [-0.2, -0.15) is 4.31 Å². The quantitative estimate of drug-likeness (QED) is 0.831. The summed E-state index contributed by atoms with van der Waals surface area (Å²) in [4.78, 5) is 25.9. The maximum absolute atomic E-state index is 12.9. The molecule has 1 heterocycles. The topological polar surface area (TPSA) is 86.8 Å². The predicted molar refractivity (Wildman–Crippen MR) is 111 cm³/mol. The van der Waals surface area contributed by atoms with Crippen LogP contribution in [-0.2, 0) is 14.8 Å². The zero-order chi connectivity index (χ0) is 21.2. The van der Waals surface area contributed by atoms with Gasteiger partial charge in [0, 0.05) is 44.4 Å². The van der Waals surface area contributed by atoms with Crippen molar-refractivity contribution in [3.05, 3.63) is 59.2 Å². The van der Waals surface area contributed by atoms with Gasteiger partial charge < -0.3 is 10.2 Å². The molecule has 8 heteroatoms. The number of benzene rings is 2. The van der Waals surface area contributed by atoms with E-state index in [9.17, 15) is 18.0 Å². The van der Waals surface area contributed by atoms with Gasteiger partial charge in [-0.15, -0.1) is 0 Å². The Morgan fingerprint density at radius 1 is 0.931 bits per heavy atom. The molecule has 0 bridgehead atoms. The second-order valence-electron chi connectivity index (χ2n) is 7.20. The molecule has 3 rings (SSSR count). The van der Waals surface area contributed by atoms with E-state index in [0.717, 1.165) is 11.1 Å². The number of nitrogens with one attached hydrogen (secondary N) is 1. The third-order valence-corrected chi connectivity index (χ3v) is 6.97. The molecule has 1 aliphatic rings. The van der Waals surface area contributed by atoms with Gasteiger partial charge >= 0.3 is 0 Å². The van der Waals surface area contributed by atoms with Crippen LogP contribution < -0.4 is 5.32 Å². The van der Waals surface area contributed by atoms with Gasteiger partial charge in [0.25, 0.3) is 5.91 Å². The molecule has 1 saturated heterocycles. The third kappa shape index (κ3) is 4.65. The van der Waals surface area contributed by atoms with Crippen LogP contribution in [0.15, 0.2) is 47.4 Å². The molecule has 1 N–H and O–H groups in total. The van der Waals surface area contributed by atoms with Crippen molar-refractivity contribution < 1.29 is 18.0 Å². The Kier molecular flexibility index (Phi) is 6.04. The molecular formula is C21H25N3O4S. The first-order chi connectivity index (χ1) is 13.7. The summed E-state index contributed by atoms with van der Waals surface area (Å²) in [5, 5.41) is 2.66. The number of hydrogen-bond acceptors (Lipinski definition) is 4. The summed E-state index contributed by atoms with van der Waals surface area (Å²) in [6.07, 6.45) is 0. The Hall–Kier alpha value is -2.71. The van der Waals surface area contributed by atoms with Gasteiger partial charge in [0.2, 0.25) is 15.9 Å². The average Bonchev–Trinajstić information content (AvgIpc) is 2.69. The molecule has 2 aromatic rings. The van der Waals surface area contributed by atoms with Crippen LogP contribution in [-0.4, -0.2) is 55.6 Å². The lowest BCUT2D eigenvalue weighted by Crippen LogP contribution is -2.50. The Balaban J connectivity index is 1.69. The standard InChI is InChI=1S/C21H25N3O4S/c1-15-7-8-20(13-16(15)2)29(27,28)24-11-9-23(10-12-24)21(26)18-5-4-6-19(14-18)22-17(3)25/h4-8,13-14H,9-12H2,1-3H3,(H,22,25). The molecule has 0 spiro atoms. The molecule has 0 radical (unpaired) electrons. The highest BCUT2D eigenvalue weighted by Crippen LogP contribution is 2.21. The second-order valence-corrected chi connectivity index (χ2v) is 9.14. The molecule has 2 amide bonds. The van der Waals surface area contributed by atoms with Crippen LogP contribution in [0.3, 0.4) is 0 Å². The van der Waals surface area contributed by atoms with Gasteiger partial charge in [0.1, 0.15) is 0 Å². The highest BCUT2D eigenvalue weighted by atomic mass is 32.2. The number of carbonyl (C=O) groups is 2. The minimum absolute atomic E-state index is 0.180. The van der Waals surface area contributed by atoms with E-state index >= 15 is 0 Å². The molecule has 0 aromatic heterocycles. The number of rotatable bonds is 4. The molecule has 1 aliphatic heterocycles. The number of piperazine rings is 1. The molecule has 29 heavy (non-hydrogen) atoms. The van der Waals surface area contributed by atoms with Crippen molar-refractivity contribution >= 4 is 27.5 Å². The highest BCUT2D eigenvalue weighted by Gasteiger charge is 2.30. The summed E-state index contributed by atoms with van der Waals surface area (Å²) in [6.45, 7) is 6.35. The van der Waals surface area contributed by atoms with Crippen molar-refractivity contribution in [3.8, 4) is 0 Å². The number of sulfonamides is 1.